The molecule has 2 rings (SSSR count). The summed E-state index contributed by atoms with van der Waals surface area (Å²) in [5, 5.41) is 3.21. The molecule has 1 aromatic carbocycles. The van der Waals surface area contributed by atoms with E-state index in [4.69, 9.17) is 10.5 Å². The van der Waals surface area contributed by atoms with Gasteiger partial charge in [-0.1, -0.05) is 26.0 Å². The predicted octanol–water partition coefficient (Wildman–Crippen LogP) is 3.92. The molecule has 0 atom stereocenters. The van der Waals surface area contributed by atoms with Crippen LogP contribution in [0.3, 0.4) is 0 Å². The Morgan fingerprint density at radius 1 is 1.32 bits per heavy atom. The molecule has 5 heteroatoms. The fraction of sp³-hybridized carbons (Fsp3) is 0.471. The van der Waals surface area contributed by atoms with E-state index in [1.807, 2.05) is 0 Å². The van der Waals surface area contributed by atoms with Gasteiger partial charge in [-0.15, -0.1) is 11.3 Å². The molecule has 2 N–H and O–H groups in total. The van der Waals surface area contributed by atoms with Crippen LogP contribution in [0.15, 0.2) is 29.6 Å². The number of halogens is 1. The van der Waals surface area contributed by atoms with Crippen molar-refractivity contribution >= 4 is 11.3 Å². The maximum absolute atomic E-state index is 13.4. The highest BCUT2D eigenvalue weighted by Gasteiger charge is 2.24. The summed E-state index contributed by atoms with van der Waals surface area (Å²) >= 11 is 1.69. The van der Waals surface area contributed by atoms with Gasteiger partial charge in [0.1, 0.15) is 0 Å². The molecule has 0 unspecified atom stereocenters. The highest BCUT2D eigenvalue weighted by atomic mass is 32.1. The third-order valence-electron chi connectivity index (χ3n) is 3.57. The molecule has 0 saturated heterocycles. The van der Waals surface area contributed by atoms with Crippen molar-refractivity contribution in [3.8, 4) is 5.75 Å². The number of aromatic nitrogens is 1. The quantitative estimate of drug-likeness (QED) is 0.749. The lowest BCUT2D eigenvalue weighted by atomic mass is 9.89. The number of para-hydroxylation sites is 1. The zero-order valence-electron chi connectivity index (χ0n) is 13.1. The van der Waals surface area contributed by atoms with Gasteiger partial charge in [-0.05, 0) is 31.5 Å². The predicted molar refractivity (Wildman–Crippen MR) is 89.0 cm³/mol. The van der Waals surface area contributed by atoms with Crippen LogP contribution in [0.25, 0.3) is 0 Å². The molecule has 0 bridgehead atoms. The first-order valence-corrected chi connectivity index (χ1v) is 8.43. The van der Waals surface area contributed by atoms with E-state index in [1.165, 1.54) is 6.07 Å². The fourth-order valence-corrected chi connectivity index (χ4v) is 3.25. The molecule has 0 aliphatic carbocycles. The van der Waals surface area contributed by atoms with E-state index < -0.39 is 0 Å². The molecular formula is C17H23FN2OS. The van der Waals surface area contributed by atoms with Gasteiger partial charge in [0.15, 0.2) is 11.6 Å². The first-order chi connectivity index (χ1) is 10.5. The third kappa shape index (κ3) is 4.52. The van der Waals surface area contributed by atoms with Gasteiger partial charge in [0, 0.05) is 17.2 Å². The number of rotatable bonds is 8. The van der Waals surface area contributed by atoms with Crippen LogP contribution in [0.5, 0.6) is 5.75 Å². The minimum Gasteiger partial charge on any atom is -0.491 e. The van der Waals surface area contributed by atoms with Crippen LogP contribution >= 0.6 is 11.3 Å². The van der Waals surface area contributed by atoms with Crippen molar-refractivity contribution in [3.05, 3.63) is 46.2 Å². The lowest BCUT2D eigenvalue weighted by Crippen LogP contribution is -2.18. The van der Waals surface area contributed by atoms with Crippen LogP contribution in [0.2, 0.25) is 0 Å². The maximum Gasteiger partial charge on any atom is 0.165 e. The average molecular weight is 322 g/mol. The minimum absolute atomic E-state index is 0.00386. The zero-order chi connectivity index (χ0) is 16.0. The molecule has 0 radical (unpaired) electrons. The van der Waals surface area contributed by atoms with Gasteiger partial charge < -0.3 is 10.5 Å². The van der Waals surface area contributed by atoms with Crippen molar-refractivity contribution in [2.45, 2.75) is 38.5 Å². The molecule has 0 fully saturated rings. The van der Waals surface area contributed by atoms with E-state index in [9.17, 15) is 4.39 Å². The lowest BCUT2D eigenvalue weighted by molar-refractivity contribution is 0.277. The van der Waals surface area contributed by atoms with Crippen LogP contribution < -0.4 is 10.5 Å². The van der Waals surface area contributed by atoms with E-state index in [2.05, 4.69) is 24.2 Å². The summed E-state index contributed by atoms with van der Waals surface area (Å²) in [4.78, 5) is 4.66. The minimum atomic E-state index is -0.312. The Hall–Kier alpha value is -1.46. The van der Waals surface area contributed by atoms with Gasteiger partial charge in [0.05, 0.1) is 17.3 Å². The topological polar surface area (TPSA) is 48.1 Å². The number of benzene rings is 1. The second kappa shape index (κ2) is 7.70. The molecule has 120 valence electrons. The normalized spacial score (nSPS) is 11.6. The van der Waals surface area contributed by atoms with Crippen LogP contribution in [0.4, 0.5) is 4.39 Å². The summed E-state index contributed by atoms with van der Waals surface area (Å²) in [7, 11) is 0. The second-order valence-corrected chi connectivity index (χ2v) is 6.81. The molecule has 0 aliphatic rings. The summed E-state index contributed by atoms with van der Waals surface area (Å²) in [5.41, 5.74) is 6.63. The summed E-state index contributed by atoms with van der Waals surface area (Å²) in [5.74, 6) is 0.00731. The number of hydrogen-bond donors (Lipinski definition) is 1. The molecular weight excluding hydrogens is 299 g/mol. The molecule has 0 spiro atoms. The average Bonchev–Trinajstić information content (AvgIpc) is 2.95. The molecule has 0 saturated carbocycles. The van der Waals surface area contributed by atoms with Crippen molar-refractivity contribution in [2.75, 3.05) is 13.2 Å². The van der Waals surface area contributed by atoms with Gasteiger partial charge in [0.25, 0.3) is 0 Å². The van der Waals surface area contributed by atoms with Crippen molar-refractivity contribution in [2.24, 2.45) is 5.73 Å². The number of nitrogens with two attached hydrogens (primary N) is 1. The van der Waals surface area contributed by atoms with Crippen molar-refractivity contribution in [3.63, 3.8) is 0 Å². The van der Waals surface area contributed by atoms with Gasteiger partial charge in [0.2, 0.25) is 0 Å². The van der Waals surface area contributed by atoms with Gasteiger partial charge >= 0.3 is 0 Å². The fourth-order valence-electron chi connectivity index (χ4n) is 2.25. The van der Waals surface area contributed by atoms with E-state index in [1.54, 1.807) is 29.5 Å². The number of thiazole rings is 1. The Balaban J connectivity index is 1.83. The Morgan fingerprint density at radius 3 is 2.82 bits per heavy atom. The molecule has 1 heterocycles. The smallest absolute Gasteiger partial charge is 0.165 e. The highest BCUT2D eigenvalue weighted by Crippen LogP contribution is 2.31. The summed E-state index contributed by atoms with van der Waals surface area (Å²) in [6.45, 7) is 5.49. The maximum atomic E-state index is 13.4. The summed E-state index contributed by atoms with van der Waals surface area (Å²) in [6.07, 6.45) is 2.62. The Labute approximate surface area is 135 Å². The van der Waals surface area contributed by atoms with Gasteiger partial charge in [-0.3, -0.25) is 0 Å². The first-order valence-electron chi connectivity index (χ1n) is 7.55. The first kappa shape index (κ1) is 16.9. The third-order valence-corrected chi connectivity index (χ3v) is 4.83. The molecule has 22 heavy (non-hydrogen) atoms. The van der Waals surface area contributed by atoms with E-state index in [0.717, 1.165) is 30.0 Å². The van der Waals surface area contributed by atoms with Gasteiger partial charge in [-0.2, -0.15) is 0 Å². The van der Waals surface area contributed by atoms with Crippen LogP contribution in [0.1, 0.15) is 37.4 Å². The Bertz CT molecular complexity index is 598. The molecule has 1 aromatic heterocycles. The Kier molecular flexibility index (Phi) is 5.91. The van der Waals surface area contributed by atoms with E-state index in [-0.39, 0.29) is 11.2 Å². The zero-order valence-corrected chi connectivity index (χ0v) is 14.0. The van der Waals surface area contributed by atoms with Crippen molar-refractivity contribution in [1.82, 2.24) is 4.98 Å². The summed E-state index contributed by atoms with van der Waals surface area (Å²) < 4.78 is 19.0. The molecule has 2 aromatic rings. The Morgan fingerprint density at radius 2 is 2.09 bits per heavy atom. The monoisotopic (exact) mass is 322 g/mol. The largest absolute Gasteiger partial charge is 0.491 e. The second-order valence-electron chi connectivity index (χ2n) is 5.95. The lowest BCUT2D eigenvalue weighted by Gasteiger charge is -2.21. The van der Waals surface area contributed by atoms with Crippen molar-refractivity contribution < 1.29 is 9.13 Å². The highest BCUT2D eigenvalue weighted by molar-refractivity contribution is 7.09. The van der Waals surface area contributed by atoms with Crippen molar-refractivity contribution in [1.29, 1.82) is 0 Å². The molecule has 0 aliphatic heterocycles. The number of nitrogens with zero attached hydrogens (tertiary/aromatic N) is 1. The van der Waals surface area contributed by atoms with Gasteiger partial charge in [-0.25, -0.2) is 9.37 Å². The van der Waals surface area contributed by atoms with Crippen LogP contribution in [0, 0.1) is 5.82 Å². The van der Waals surface area contributed by atoms with Crippen LogP contribution in [-0.2, 0) is 11.8 Å². The molecule has 3 nitrogen and oxygen atoms in total. The van der Waals surface area contributed by atoms with Crippen LogP contribution in [-0.4, -0.2) is 18.1 Å². The standard InChI is InChI=1S/C17H23FN2OS/c1-17(2,16-20-13(8-10-19)12-22-16)9-5-11-21-15-7-4-3-6-14(15)18/h3-4,6-7,12H,5,8-11,19H2,1-2H3. The summed E-state index contributed by atoms with van der Waals surface area (Å²) in [6, 6.07) is 6.50. The molecule has 0 amide bonds. The van der Waals surface area contributed by atoms with E-state index in [0.29, 0.717) is 18.9 Å². The number of ether oxygens (including phenoxy) is 1. The number of hydrogen-bond acceptors (Lipinski definition) is 4. The van der Waals surface area contributed by atoms with E-state index >= 15 is 0 Å². The SMILES string of the molecule is CC(C)(CCCOc1ccccc1F)c1nc(CCN)cs1.